The molecule has 0 saturated carbocycles. The van der Waals surface area contributed by atoms with Crippen LogP contribution in [0, 0.1) is 6.92 Å². The number of benzene rings is 1. The van der Waals surface area contributed by atoms with E-state index in [1.807, 2.05) is 25.1 Å². The Morgan fingerprint density at radius 3 is 2.71 bits per heavy atom. The van der Waals surface area contributed by atoms with Gasteiger partial charge in [-0.05, 0) is 30.5 Å². The number of halogens is 1. The summed E-state index contributed by atoms with van der Waals surface area (Å²) in [5, 5.41) is 9.20. The van der Waals surface area contributed by atoms with E-state index in [-0.39, 0.29) is 17.2 Å². The highest BCUT2D eigenvalue weighted by molar-refractivity contribution is 9.09. The minimum atomic E-state index is -0.315. The molecular weight excluding hydrogens is 244 g/mol. The summed E-state index contributed by atoms with van der Waals surface area (Å²) in [5.74, 6) is 0.0466. The van der Waals surface area contributed by atoms with Gasteiger partial charge in [-0.1, -0.05) is 34.1 Å². The molecule has 2 nitrogen and oxygen atoms in total. The molecule has 1 rings (SSSR count). The lowest BCUT2D eigenvalue weighted by molar-refractivity contribution is -0.116. The number of hydrogen-bond donors (Lipinski definition) is 1. The number of Topliss-reactive ketones (excluding diaryl/α,β-unsaturated/α-hetero) is 1. The first-order valence-electron chi connectivity index (χ1n) is 4.41. The number of carbonyl (C=O) groups excluding carboxylic acids is 1. The number of aryl methyl sites for hydroxylation is 1. The minimum Gasteiger partial charge on any atom is -0.392 e. The summed E-state index contributed by atoms with van der Waals surface area (Å²) in [6, 6.07) is 5.68. The van der Waals surface area contributed by atoms with Crippen LogP contribution in [0.3, 0.4) is 0 Å². The van der Waals surface area contributed by atoms with Crippen LogP contribution in [0.15, 0.2) is 18.2 Å². The second-order valence-corrected chi connectivity index (χ2v) is 4.19. The Balaban J connectivity index is 3.20. The molecule has 0 saturated heterocycles. The second-order valence-electron chi connectivity index (χ2n) is 3.27. The Hall–Kier alpha value is -0.670. The lowest BCUT2D eigenvalue weighted by Crippen LogP contribution is -2.06. The highest BCUT2D eigenvalue weighted by Crippen LogP contribution is 2.28. The summed E-state index contributed by atoms with van der Waals surface area (Å²) >= 11 is 3.32. The van der Waals surface area contributed by atoms with Crippen LogP contribution in [0.5, 0.6) is 0 Å². The van der Waals surface area contributed by atoms with Gasteiger partial charge in [0, 0.05) is 0 Å². The SMILES string of the molecule is CC(=O)C(Br)c1cccc(C)c1CO. The third kappa shape index (κ3) is 2.22. The quantitative estimate of drug-likeness (QED) is 0.845. The minimum absolute atomic E-state index is 0.0304. The lowest BCUT2D eigenvalue weighted by Gasteiger charge is -2.13. The van der Waals surface area contributed by atoms with Crippen LogP contribution in [0.1, 0.15) is 28.4 Å². The Kier molecular flexibility index (Phi) is 3.84. The topological polar surface area (TPSA) is 37.3 Å². The maximum atomic E-state index is 11.2. The maximum absolute atomic E-state index is 11.2. The highest BCUT2D eigenvalue weighted by Gasteiger charge is 2.16. The first kappa shape index (κ1) is 11.4. The average molecular weight is 257 g/mol. The van der Waals surface area contributed by atoms with Crippen LogP contribution in [0.25, 0.3) is 0 Å². The molecule has 0 aliphatic carbocycles. The fourth-order valence-corrected chi connectivity index (χ4v) is 1.83. The van der Waals surface area contributed by atoms with E-state index < -0.39 is 0 Å². The van der Waals surface area contributed by atoms with Crippen LogP contribution < -0.4 is 0 Å². The van der Waals surface area contributed by atoms with Crippen LogP contribution in [-0.4, -0.2) is 10.9 Å². The van der Waals surface area contributed by atoms with Crippen LogP contribution >= 0.6 is 15.9 Å². The Labute approximate surface area is 92.1 Å². The molecule has 0 aliphatic rings. The zero-order chi connectivity index (χ0) is 10.7. The van der Waals surface area contributed by atoms with Crippen molar-refractivity contribution in [1.82, 2.24) is 0 Å². The molecule has 1 unspecified atom stereocenters. The predicted octanol–water partition coefficient (Wildman–Crippen LogP) is 2.51. The van der Waals surface area contributed by atoms with Gasteiger partial charge in [0.2, 0.25) is 0 Å². The molecule has 1 atom stereocenters. The van der Waals surface area contributed by atoms with Gasteiger partial charge in [-0.15, -0.1) is 0 Å². The molecule has 1 aromatic carbocycles. The fraction of sp³-hybridized carbons (Fsp3) is 0.364. The molecule has 0 aliphatic heterocycles. The van der Waals surface area contributed by atoms with Crippen LogP contribution in [0.2, 0.25) is 0 Å². The lowest BCUT2D eigenvalue weighted by atomic mass is 9.99. The van der Waals surface area contributed by atoms with E-state index >= 15 is 0 Å². The first-order valence-corrected chi connectivity index (χ1v) is 5.33. The molecule has 14 heavy (non-hydrogen) atoms. The Bertz CT molecular complexity index is 347. The molecule has 3 heteroatoms. The highest BCUT2D eigenvalue weighted by atomic mass is 79.9. The summed E-state index contributed by atoms with van der Waals surface area (Å²) in [4.78, 5) is 10.9. The first-order chi connectivity index (χ1) is 6.57. The van der Waals surface area contributed by atoms with Gasteiger partial charge in [-0.2, -0.15) is 0 Å². The molecule has 1 N–H and O–H groups in total. The van der Waals surface area contributed by atoms with Crippen molar-refractivity contribution in [3.05, 3.63) is 34.9 Å². The molecule has 0 bridgehead atoms. The zero-order valence-electron chi connectivity index (χ0n) is 8.25. The maximum Gasteiger partial charge on any atom is 0.147 e. The van der Waals surface area contributed by atoms with Crippen LogP contribution in [-0.2, 0) is 11.4 Å². The molecule has 0 amide bonds. The van der Waals surface area contributed by atoms with Crippen molar-refractivity contribution in [2.24, 2.45) is 0 Å². The van der Waals surface area contributed by atoms with E-state index in [1.54, 1.807) is 0 Å². The van der Waals surface area contributed by atoms with Crippen molar-refractivity contribution >= 4 is 21.7 Å². The largest absolute Gasteiger partial charge is 0.392 e. The second kappa shape index (κ2) is 4.71. The molecule has 0 spiro atoms. The van der Waals surface area contributed by atoms with Crippen molar-refractivity contribution in [2.75, 3.05) is 0 Å². The third-order valence-electron chi connectivity index (χ3n) is 2.23. The summed E-state index contributed by atoms with van der Waals surface area (Å²) in [6.07, 6.45) is 0. The number of carbonyl (C=O) groups is 1. The number of ketones is 1. The number of aliphatic hydroxyl groups excluding tert-OH is 1. The van der Waals surface area contributed by atoms with Crippen molar-refractivity contribution < 1.29 is 9.90 Å². The number of aliphatic hydroxyl groups is 1. The molecule has 0 heterocycles. The standard InChI is InChI=1S/C11H13BrO2/c1-7-4-3-5-9(10(7)6-13)11(12)8(2)14/h3-5,11,13H,6H2,1-2H3. The number of rotatable bonds is 3. The Morgan fingerprint density at radius 2 is 2.21 bits per heavy atom. The summed E-state index contributed by atoms with van der Waals surface area (Å²) in [6.45, 7) is 3.43. The van der Waals surface area contributed by atoms with Crippen molar-refractivity contribution in [3.63, 3.8) is 0 Å². The zero-order valence-corrected chi connectivity index (χ0v) is 9.84. The summed E-state index contributed by atoms with van der Waals surface area (Å²) in [7, 11) is 0. The normalized spacial score (nSPS) is 12.6. The van der Waals surface area contributed by atoms with E-state index in [0.29, 0.717) is 0 Å². The van der Waals surface area contributed by atoms with Crippen molar-refractivity contribution in [3.8, 4) is 0 Å². The van der Waals surface area contributed by atoms with E-state index in [9.17, 15) is 9.90 Å². The van der Waals surface area contributed by atoms with E-state index in [2.05, 4.69) is 15.9 Å². The van der Waals surface area contributed by atoms with Gasteiger partial charge in [0.05, 0.1) is 11.4 Å². The number of hydrogen-bond acceptors (Lipinski definition) is 2. The smallest absolute Gasteiger partial charge is 0.147 e. The monoisotopic (exact) mass is 256 g/mol. The Morgan fingerprint density at radius 1 is 1.57 bits per heavy atom. The summed E-state index contributed by atoms with van der Waals surface area (Å²) < 4.78 is 0. The fourth-order valence-electron chi connectivity index (χ4n) is 1.40. The van der Waals surface area contributed by atoms with Gasteiger partial charge in [0.1, 0.15) is 5.78 Å². The van der Waals surface area contributed by atoms with Gasteiger partial charge in [0.25, 0.3) is 0 Å². The van der Waals surface area contributed by atoms with Gasteiger partial charge < -0.3 is 5.11 Å². The molecule has 1 aromatic rings. The van der Waals surface area contributed by atoms with E-state index in [1.165, 1.54) is 6.92 Å². The number of alkyl halides is 1. The van der Waals surface area contributed by atoms with E-state index in [0.717, 1.165) is 16.7 Å². The third-order valence-corrected chi connectivity index (χ3v) is 3.37. The van der Waals surface area contributed by atoms with Gasteiger partial charge >= 0.3 is 0 Å². The predicted molar refractivity (Wildman–Crippen MR) is 59.5 cm³/mol. The summed E-state index contributed by atoms with van der Waals surface area (Å²) in [5.41, 5.74) is 2.71. The van der Waals surface area contributed by atoms with E-state index in [4.69, 9.17) is 0 Å². The van der Waals surface area contributed by atoms with Crippen molar-refractivity contribution in [2.45, 2.75) is 25.3 Å². The van der Waals surface area contributed by atoms with Crippen molar-refractivity contribution in [1.29, 1.82) is 0 Å². The molecule has 76 valence electrons. The molecule has 0 fully saturated rings. The average Bonchev–Trinajstić information content (AvgIpc) is 2.16. The van der Waals surface area contributed by atoms with Gasteiger partial charge in [-0.25, -0.2) is 0 Å². The van der Waals surface area contributed by atoms with Crippen LogP contribution in [0.4, 0.5) is 0 Å². The molecule has 0 aromatic heterocycles. The van der Waals surface area contributed by atoms with Gasteiger partial charge in [-0.3, -0.25) is 4.79 Å². The molecular formula is C11H13BrO2. The molecule has 0 radical (unpaired) electrons. The van der Waals surface area contributed by atoms with Gasteiger partial charge in [0.15, 0.2) is 0 Å².